The Kier molecular flexibility index (Phi) is 6.52. The molecule has 10 heteroatoms. The van der Waals surface area contributed by atoms with E-state index in [0.717, 1.165) is 0 Å². The first-order valence-corrected chi connectivity index (χ1v) is 9.00. The van der Waals surface area contributed by atoms with Crippen molar-refractivity contribution in [1.82, 2.24) is 4.72 Å². The van der Waals surface area contributed by atoms with Crippen LogP contribution in [-0.2, 0) is 21.3 Å². The molecule has 0 aliphatic heterocycles. The van der Waals surface area contributed by atoms with Gasteiger partial charge in [-0.1, -0.05) is 23.7 Å². The van der Waals surface area contributed by atoms with Gasteiger partial charge in [-0.05, 0) is 35.9 Å². The van der Waals surface area contributed by atoms with Crippen molar-refractivity contribution in [3.63, 3.8) is 0 Å². The highest BCUT2D eigenvalue weighted by Gasteiger charge is 2.19. The monoisotopic (exact) mass is 405 g/mol. The zero-order valence-electron chi connectivity index (χ0n) is 13.4. The molecule has 0 aliphatic carbocycles. The van der Waals surface area contributed by atoms with Crippen LogP contribution in [0.5, 0.6) is 5.75 Å². The van der Waals surface area contributed by atoms with Gasteiger partial charge in [0.05, 0.1) is 17.7 Å². The van der Waals surface area contributed by atoms with E-state index < -0.39 is 22.6 Å². The molecule has 0 fully saturated rings. The molecular formula is C16H14ClF2NO5S. The number of hydrogen-bond donors (Lipinski definition) is 1. The van der Waals surface area contributed by atoms with Crippen LogP contribution in [0.4, 0.5) is 8.78 Å². The van der Waals surface area contributed by atoms with Crippen LogP contribution in [-0.4, -0.2) is 28.1 Å². The summed E-state index contributed by atoms with van der Waals surface area (Å²) in [5, 5.41) is -0.138. The third-order valence-corrected chi connectivity index (χ3v) is 5.14. The van der Waals surface area contributed by atoms with Crippen LogP contribution in [0, 0.1) is 0 Å². The van der Waals surface area contributed by atoms with Gasteiger partial charge in [0.1, 0.15) is 10.6 Å². The van der Waals surface area contributed by atoms with Crippen molar-refractivity contribution >= 4 is 27.6 Å². The first-order valence-electron chi connectivity index (χ1n) is 7.14. The van der Waals surface area contributed by atoms with E-state index in [-0.39, 0.29) is 27.8 Å². The van der Waals surface area contributed by atoms with Crippen molar-refractivity contribution in [2.24, 2.45) is 0 Å². The zero-order valence-corrected chi connectivity index (χ0v) is 15.0. The van der Waals surface area contributed by atoms with Crippen molar-refractivity contribution in [2.75, 3.05) is 7.11 Å². The molecule has 0 aliphatic rings. The lowest BCUT2D eigenvalue weighted by atomic mass is 10.2. The van der Waals surface area contributed by atoms with Gasteiger partial charge in [-0.2, -0.15) is 8.78 Å². The molecule has 6 nitrogen and oxygen atoms in total. The normalized spacial score (nSPS) is 11.4. The largest absolute Gasteiger partial charge is 0.465 e. The Labute approximate surface area is 153 Å². The minimum absolute atomic E-state index is 0.0342. The lowest BCUT2D eigenvalue weighted by molar-refractivity contribution is -0.0498. The van der Waals surface area contributed by atoms with Gasteiger partial charge in [0.2, 0.25) is 10.0 Å². The average molecular weight is 406 g/mol. The van der Waals surface area contributed by atoms with Crippen LogP contribution in [0.2, 0.25) is 5.02 Å². The molecule has 140 valence electrons. The van der Waals surface area contributed by atoms with Crippen LogP contribution < -0.4 is 9.46 Å². The number of carbonyl (C=O) groups excluding carboxylic acids is 1. The van der Waals surface area contributed by atoms with Crippen molar-refractivity contribution in [3.05, 3.63) is 58.6 Å². The predicted molar refractivity (Wildman–Crippen MR) is 89.9 cm³/mol. The molecule has 0 amide bonds. The summed E-state index contributed by atoms with van der Waals surface area (Å²) in [5.41, 5.74) is 0.642. The number of benzene rings is 2. The fourth-order valence-electron chi connectivity index (χ4n) is 2.01. The summed E-state index contributed by atoms with van der Waals surface area (Å²) in [6.07, 6.45) is 0. The fraction of sp³-hybridized carbons (Fsp3) is 0.188. The molecule has 0 saturated carbocycles. The second-order valence-electron chi connectivity index (χ2n) is 4.98. The summed E-state index contributed by atoms with van der Waals surface area (Å²) >= 11 is 5.95. The SMILES string of the molecule is COC(=O)c1ccc(S(=O)(=O)NCc2ccc(OC(F)F)cc2)c(Cl)c1. The molecule has 26 heavy (non-hydrogen) atoms. The number of methoxy groups -OCH3 is 1. The number of ether oxygens (including phenoxy) is 2. The second-order valence-corrected chi connectivity index (χ2v) is 7.13. The third kappa shape index (κ3) is 5.13. The molecule has 0 aromatic heterocycles. The summed E-state index contributed by atoms with van der Waals surface area (Å²) < 4.78 is 60.0. The standard InChI is InChI=1S/C16H14ClF2NO5S/c1-24-15(21)11-4-7-14(13(17)8-11)26(22,23)20-9-10-2-5-12(6-3-10)25-16(18)19/h2-8,16,20H,9H2,1H3. The average Bonchev–Trinajstić information content (AvgIpc) is 2.59. The maximum absolute atomic E-state index is 12.4. The van der Waals surface area contributed by atoms with Crippen LogP contribution in [0.15, 0.2) is 47.4 Å². The molecule has 2 aromatic rings. The zero-order chi connectivity index (χ0) is 19.3. The quantitative estimate of drug-likeness (QED) is 0.715. The highest BCUT2D eigenvalue weighted by molar-refractivity contribution is 7.89. The molecule has 0 spiro atoms. The number of alkyl halides is 2. The van der Waals surface area contributed by atoms with E-state index in [0.29, 0.717) is 5.56 Å². The number of esters is 1. The van der Waals surface area contributed by atoms with Gasteiger partial charge in [0.25, 0.3) is 0 Å². The van der Waals surface area contributed by atoms with Crippen molar-refractivity contribution < 1.29 is 31.5 Å². The first kappa shape index (κ1) is 20.1. The number of hydrogen-bond acceptors (Lipinski definition) is 5. The number of carbonyl (C=O) groups is 1. The Morgan fingerprint density at radius 3 is 2.38 bits per heavy atom. The molecule has 0 saturated heterocycles. The summed E-state index contributed by atoms with van der Waals surface area (Å²) in [5.74, 6) is -0.678. The molecule has 0 unspecified atom stereocenters. The topological polar surface area (TPSA) is 81.7 Å². The predicted octanol–water partition coefficient (Wildman–Crippen LogP) is 3.21. The van der Waals surface area contributed by atoms with E-state index in [1.807, 2.05) is 0 Å². The lowest BCUT2D eigenvalue weighted by Gasteiger charge is -2.10. The van der Waals surface area contributed by atoms with E-state index in [1.165, 1.54) is 49.6 Å². The summed E-state index contributed by atoms with van der Waals surface area (Å²) in [4.78, 5) is 11.2. The Hall–Kier alpha value is -2.23. The van der Waals surface area contributed by atoms with Gasteiger partial charge in [0.15, 0.2) is 0 Å². The van der Waals surface area contributed by atoms with Crippen molar-refractivity contribution in [2.45, 2.75) is 18.1 Å². The third-order valence-electron chi connectivity index (χ3n) is 3.26. The van der Waals surface area contributed by atoms with Gasteiger partial charge in [-0.3, -0.25) is 0 Å². The summed E-state index contributed by atoms with van der Waals surface area (Å²) in [6, 6.07) is 9.16. The lowest BCUT2D eigenvalue weighted by Crippen LogP contribution is -2.23. The summed E-state index contributed by atoms with van der Waals surface area (Å²) in [7, 11) is -2.76. The molecule has 2 aromatic carbocycles. The highest BCUT2D eigenvalue weighted by atomic mass is 35.5. The molecule has 0 atom stereocenters. The summed E-state index contributed by atoms with van der Waals surface area (Å²) in [6.45, 7) is -3.03. The van der Waals surface area contributed by atoms with E-state index in [9.17, 15) is 22.0 Å². The van der Waals surface area contributed by atoms with E-state index >= 15 is 0 Å². The van der Waals surface area contributed by atoms with Gasteiger partial charge >= 0.3 is 12.6 Å². The number of nitrogens with one attached hydrogen (secondary N) is 1. The maximum Gasteiger partial charge on any atom is 0.387 e. The second kappa shape index (κ2) is 8.43. The first-order chi connectivity index (χ1) is 12.2. The minimum Gasteiger partial charge on any atom is -0.465 e. The van der Waals surface area contributed by atoms with Crippen LogP contribution in [0.25, 0.3) is 0 Å². The van der Waals surface area contributed by atoms with E-state index in [2.05, 4.69) is 14.2 Å². The van der Waals surface area contributed by atoms with Crippen molar-refractivity contribution in [3.8, 4) is 5.75 Å². The number of sulfonamides is 1. The van der Waals surface area contributed by atoms with Gasteiger partial charge in [-0.25, -0.2) is 17.9 Å². The molecular weight excluding hydrogens is 392 g/mol. The Bertz CT molecular complexity index is 888. The van der Waals surface area contributed by atoms with Crippen LogP contribution >= 0.6 is 11.6 Å². The van der Waals surface area contributed by atoms with Gasteiger partial charge in [0, 0.05) is 6.54 Å². The maximum atomic E-state index is 12.4. The van der Waals surface area contributed by atoms with E-state index in [1.54, 1.807) is 0 Å². The Morgan fingerprint density at radius 1 is 1.19 bits per heavy atom. The number of rotatable bonds is 7. The number of halogens is 3. The molecule has 0 heterocycles. The molecule has 2 rings (SSSR count). The van der Waals surface area contributed by atoms with E-state index in [4.69, 9.17) is 11.6 Å². The van der Waals surface area contributed by atoms with Crippen LogP contribution in [0.3, 0.4) is 0 Å². The fourth-order valence-corrected chi connectivity index (χ4v) is 3.57. The van der Waals surface area contributed by atoms with Crippen molar-refractivity contribution in [1.29, 1.82) is 0 Å². The Balaban J connectivity index is 2.10. The Morgan fingerprint density at radius 2 is 1.85 bits per heavy atom. The highest BCUT2D eigenvalue weighted by Crippen LogP contribution is 2.23. The molecule has 0 bridgehead atoms. The molecule has 1 N–H and O–H groups in total. The smallest absolute Gasteiger partial charge is 0.387 e. The van der Waals surface area contributed by atoms with Gasteiger partial charge in [-0.15, -0.1) is 0 Å². The molecule has 0 radical (unpaired) electrons. The van der Waals surface area contributed by atoms with Crippen LogP contribution in [0.1, 0.15) is 15.9 Å². The minimum atomic E-state index is -3.95. The van der Waals surface area contributed by atoms with Gasteiger partial charge < -0.3 is 9.47 Å².